The summed E-state index contributed by atoms with van der Waals surface area (Å²) in [7, 11) is 0. The first-order valence-electron chi connectivity index (χ1n) is 7.07. The number of para-hydroxylation sites is 1. The molecule has 1 fully saturated rings. The van der Waals surface area contributed by atoms with Crippen LogP contribution in [0, 0.1) is 16.0 Å². The zero-order valence-corrected chi connectivity index (χ0v) is 11.7. The highest BCUT2D eigenvalue weighted by molar-refractivity contribution is 5.68. The first-order valence-corrected chi connectivity index (χ1v) is 7.07. The molecule has 0 aromatic heterocycles. The van der Waals surface area contributed by atoms with Crippen LogP contribution in [0.2, 0.25) is 0 Å². The summed E-state index contributed by atoms with van der Waals surface area (Å²) in [6.45, 7) is 5.18. The first-order chi connectivity index (χ1) is 9.72. The lowest BCUT2D eigenvalue weighted by atomic mass is 10.1. The lowest BCUT2D eigenvalue weighted by molar-refractivity contribution is -0.385. The predicted octanol–water partition coefficient (Wildman–Crippen LogP) is 2.41. The molecule has 1 atom stereocenters. The van der Waals surface area contributed by atoms with Crippen LogP contribution in [0.4, 0.5) is 11.4 Å². The number of rotatable bonds is 7. The van der Waals surface area contributed by atoms with Crippen molar-refractivity contribution >= 4 is 11.4 Å². The summed E-state index contributed by atoms with van der Waals surface area (Å²) in [5.74, 6) is 0.862. The second kappa shape index (κ2) is 7.09. The fourth-order valence-electron chi connectivity index (χ4n) is 2.32. The number of nitro benzene ring substituents is 1. The number of nitro groups is 1. The van der Waals surface area contributed by atoms with Gasteiger partial charge in [-0.2, -0.15) is 0 Å². The fraction of sp³-hybridized carbons (Fsp3) is 0.571. The van der Waals surface area contributed by atoms with Gasteiger partial charge in [0.05, 0.1) is 11.5 Å². The Balaban J connectivity index is 2.11. The van der Waals surface area contributed by atoms with Crippen LogP contribution in [0.3, 0.4) is 0 Å². The zero-order chi connectivity index (χ0) is 14.4. The van der Waals surface area contributed by atoms with Crippen LogP contribution in [0.5, 0.6) is 5.75 Å². The van der Waals surface area contributed by atoms with E-state index < -0.39 is 0 Å². The van der Waals surface area contributed by atoms with Crippen molar-refractivity contribution < 1.29 is 9.66 Å². The van der Waals surface area contributed by atoms with Gasteiger partial charge in [0.1, 0.15) is 5.69 Å². The molecule has 6 nitrogen and oxygen atoms in total. The Labute approximate surface area is 118 Å². The Kier molecular flexibility index (Phi) is 5.17. The van der Waals surface area contributed by atoms with Gasteiger partial charge >= 0.3 is 5.69 Å². The highest BCUT2D eigenvalue weighted by Gasteiger charge is 2.22. The minimum atomic E-state index is -0.375. The van der Waals surface area contributed by atoms with Gasteiger partial charge in [0.2, 0.25) is 0 Å². The molecule has 2 N–H and O–H groups in total. The minimum absolute atomic E-state index is 0.0342. The smallest absolute Gasteiger partial charge is 0.333 e. The second-order valence-corrected chi connectivity index (χ2v) is 5.00. The van der Waals surface area contributed by atoms with Gasteiger partial charge in [-0.25, -0.2) is 0 Å². The van der Waals surface area contributed by atoms with Gasteiger partial charge in [0, 0.05) is 6.54 Å². The average molecular weight is 279 g/mol. The average Bonchev–Trinajstić information content (AvgIpc) is 2.95. The van der Waals surface area contributed by atoms with Crippen LogP contribution in [-0.4, -0.2) is 31.2 Å². The van der Waals surface area contributed by atoms with Gasteiger partial charge in [-0.05, 0) is 44.0 Å². The zero-order valence-electron chi connectivity index (χ0n) is 11.7. The van der Waals surface area contributed by atoms with E-state index in [0.717, 1.165) is 32.5 Å². The molecule has 1 aliphatic rings. The van der Waals surface area contributed by atoms with Gasteiger partial charge in [0.25, 0.3) is 0 Å². The monoisotopic (exact) mass is 279 g/mol. The van der Waals surface area contributed by atoms with Crippen molar-refractivity contribution in [2.45, 2.75) is 19.8 Å². The molecule has 0 amide bonds. The maximum Gasteiger partial charge on any atom is 0.333 e. The van der Waals surface area contributed by atoms with E-state index in [9.17, 15) is 10.1 Å². The first kappa shape index (κ1) is 14.6. The highest BCUT2D eigenvalue weighted by atomic mass is 16.6. The Morgan fingerprint density at radius 3 is 3.05 bits per heavy atom. The Hall–Kier alpha value is -1.82. The molecule has 1 unspecified atom stereocenters. The van der Waals surface area contributed by atoms with Crippen molar-refractivity contribution in [1.29, 1.82) is 0 Å². The van der Waals surface area contributed by atoms with Crippen molar-refractivity contribution in [3.8, 4) is 5.75 Å². The van der Waals surface area contributed by atoms with E-state index in [1.165, 1.54) is 0 Å². The Morgan fingerprint density at radius 1 is 1.55 bits per heavy atom. The second-order valence-electron chi connectivity index (χ2n) is 5.00. The number of hydrogen-bond acceptors (Lipinski definition) is 5. The highest BCUT2D eigenvalue weighted by Crippen LogP contribution is 2.35. The lowest BCUT2D eigenvalue weighted by Crippen LogP contribution is -2.17. The van der Waals surface area contributed by atoms with E-state index in [1.807, 2.05) is 6.92 Å². The van der Waals surface area contributed by atoms with Crippen LogP contribution in [-0.2, 0) is 0 Å². The summed E-state index contributed by atoms with van der Waals surface area (Å²) < 4.78 is 5.47. The molecule has 0 aliphatic carbocycles. The summed E-state index contributed by atoms with van der Waals surface area (Å²) in [5.41, 5.74) is 0.572. The molecule has 6 heteroatoms. The summed E-state index contributed by atoms with van der Waals surface area (Å²) in [5, 5.41) is 17.8. The van der Waals surface area contributed by atoms with E-state index in [1.54, 1.807) is 18.2 Å². The Morgan fingerprint density at radius 2 is 2.40 bits per heavy atom. The van der Waals surface area contributed by atoms with E-state index in [-0.39, 0.29) is 10.6 Å². The molecule has 2 rings (SSSR count). The van der Waals surface area contributed by atoms with Crippen molar-refractivity contribution in [2.24, 2.45) is 5.92 Å². The quantitative estimate of drug-likeness (QED) is 0.592. The maximum atomic E-state index is 11.3. The fourth-order valence-corrected chi connectivity index (χ4v) is 2.32. The Bertz CT molecular complexity index is 459. The number of anilines is 1. The number of benzene rings is 1. The van der Waals surface area contributed by atoms with Gasteiger partial charge in [-0.15, -0.1) is 0 Å². The summed E-state index contributed by atoms with van der Waals surface area (Å²) in [6, 6.07) is 5.17. The van der Waals surface area contributed by atoms with Gasteiger partial charge in [-0.1, -0.05) is 13.0 Å². The molecule has 0 radical (unpaired) electrons. The van der Waals surface area contributed by atoms with E-state index >= 15 is 0 Å². The molecule has 1 saturated heterocycles. The number of nitrogens with zero attached hydrogens (tertiary/aromatic N) is 1. The maximum absolute atomic E-state index is 11.3. The van der Waals surface area contributed by atoms with Crippen molar-refractivity contribution in [1.82, 2.24) is 5.32 Å². The number of ether oxygens (including phenoxy) is 1. The normalized spacial score (nSPS) is 17.9. The topological polar surface area (TPSA) is 76.4 Å². The summed E-state index contributed by atoms with van der Waals surface area (Å²) in [4.78, 5) is 10.9. The third kappa shape index (κ3) is 3.60. The predicted molar refractivity (Wildman–Crippen MR) is 78.3 cm³/mol. The van der Waals surface area contributed by atoms with Crippen LogP contribution < -0.4 is 15.4 Å². The van der Waals surface area contributed by atoms with Crippen LogP contribution in [0.25, 0.3) is 0 Å². The third-order valence-electron chi connectivity index (χ3n) is 3.39. The summed E-state index contributed by atoms with van der Waals surface area (Å²) >= 11 is 0. The van der Waals surface area contributed by atoms with E-state index in [0.29, 0.717) is 24.0 Å². The standard InChI is InChI=1S/C14H21N3O3/c1-2-8-20-13-5-3-4-12(14(13)17(18)19)16-10-11-6-7-15-9-11/h3-5,11,15-16H,2,6-10H2,1H3. The van der Waals surface area contributed by atoms with Crippen molar-refractivity contribution in [2.75, 3.05) is 31.6 Å². The minimum Gasteiger partial charge on any atom is -0.487 e. The van der Waals surface area contributed by atoms with Crippen LogP contribution in [0.1, 0.15) is 19.8 Å². The third-order valence-corrected chi connectivity index (χ3v) is 3.39. The molecule has 1 aliphatic heterocycles. The SMILES string of the molecule is CCCOc1cccc(NCC2CCNC2)c1[N+](=O)[O-]. The molecule has 1 aromatic rings. The molecule has 20 heavy (non-hydrogen) atoms. The lowest BCUT2D eigenvalue weighted by Gasteiger charge is -2.13. The molecule has 0 bridgehead atoms. The molecule has 110 valence electrons. The largest absolute Gasteiger partial charge is 0.487 e. The van der Waals surface area contributed by atoms with Crippen LogP contribution in [0.15, 0.2) is 18.2 Å². The van der Waals surface area contributed by atoms with Gasteiger partial charge in [0.15, 0.2) is 5.75 Å². The van der Waals surface area contributed by atoms with Gasteiger partial charge in [-0.3, -0.25) is 10.1 Å². The van der Waals surface area contributed by atoms with Crippen LogP contribution >= 0.6 is 0 Å². The molecule has 0 spiro atoms. The van der Waals surface area contributed by atoms with E-state index in [4.69, 9.17) is 4.74 Å². The number of nitrogens with one attached hydrogen (secondary N) is 2. The number of hydrogen-bond donors (Lipinski definition) is 2. The molecular weight excluding hydrogens is 258 g/mol. The molecule has 1 heterocycles. The van der Waals surface area contributed by atoms with E-state index in [2.05, 4.69) is 10.6 Å². The summed E-state index contributed by atoms with van der Waals surface area (Å²) in [6.07, 6.45) is 1.93. The molecule has 1 aromatic carbocycles. The van der Waals surface area contributed by atoms with Crippen molar-refractivity contribution in [3.05, 3.63) is 28.3 Å². The van der Waals surface area contributed by atoms with Crippen molar-refractivity contribution in [3.63, 3.8) is 0 Å². The van der Waals surface area contributed by atoms with Gasteiger partial charge < -0.3 is 15.4 Å². The molecule has 0 saturated carbocycles. The molecular formula is C14H21N3O3.